The van der Waals surface area contributed by atoms with Crippen molar-refractivity contribution in [2.45, 2.75) is 25.5 Å². The van der Waals surface area contributed by atoms with Crippen molar-refractivity contribution in [3.05, 3.63) is 29.8 Å². The third-order valence-corrected chi connectivity index (χ3v) is 3.85. The third kappa shape index (κ3) is 5.55. The van der Waals surface area contributed by atoms with Crippen molar-refractivity contribution in [3.8, 4) is 5.75 Å². The molecule has 1 aromatic rings. The summed E-state index contributed by atoms with van der Waals surface area (Å²) in [4.78, 5) is 23.5. The van der Waals surface area contributed by atoms with Crippen LogP contribution in [0.5, 0.6) is 5.75 Å². The molecule has 0 radical (unpaired) electrons. The second-order valence-electron chi connectivity index (χ2n) is 4.55. The molecule has 0 aliphatic rings. The molecule has 1 aromatic carbocycles. The number of amides is 2. The zero-order valence-electron chi connectivity index (χ0n) is 12.3. The summed E-state index contributed by atoms with van der Waals surface area (Å²) in [6, 6.07) is 5.20. The van der Waals surface area contributed by atoms with Gasteiger partial charge < -0.3 is 15.9 Å². The van der Waals surface area contributed by atoms with Gasteiger partial charge in [-0.2, -0.15) is 11.8 Å². The Labute approximate surface area is 133 Å². The van der Waals surface area contributed by atoms with Crippen molar-refractivity contribution in [1.29, 1.82) is 0 Å². The Balaban J connectivity index is 2.45. The smallest absolute Gasteiger partial charge is 0.273 e. The number of hydrazine groups is 1. The van der Waals surface area contributed by atoms with Crippen LogP contribution in [0, 0.1) is 0 Å². The molecular weight excluding hydrogens is 306 g/mol. The minimum absolute atomic E-state index is 0.0148. The molecule has 0 spiro atoms. The minimum Gasteiger partial charge on any atom is -0.507 e. The van der Waals surface area contributed by atoms with Crippen LogP contribution in [0.2, 0.25) is 0 Å². The molecular formula is C14H21N3O4S. The average molecular weight is 327 g/mol. The number of benzene rings is 1. The van der Waals surface area contributed by atoms with Gasteiger partial charge in [-0.25, -0.2) is 0 Å². The number of hydrogen-bond donors (Lipinski definition) is 5. The molecule has 8 heteroatoms. The zero-order chi connectivity index (χ0) is 16.5. The SMILES string of the molecule is CCSCC[C@@H](N)C(O)C(=O)NNC(=O)c1ccccc1O. The van der Waals surface area contributed by atoms with Crippen LogP contribution in [-0.4, -0.2) is 45.7 Å². The topological polar surface area (TPSA) is 125 Å². The quantitative estimate of drug-likeness (QED) is 0.354. The van der Waals surface area contributed by atoms with Gasteiger partial charge in [0, 0.05) is 6.04 Å². The molecule has 0 bridgehead atoms. The number of carbonyl (C=O) groups excluding carboxylic acids is 2. The number of nitrogens with two attached hydrogens (primary N) is 1. The van der Waals surface area contributed by atoms with E-state index in [4.69, 9.17) is 5.73 Å². The minimum atomic E-state index is -1.41. The van der Waals surface area contributed by atoms with Crippen molar-refractivity contribution in [1.82, 2.24) is 10.9 Å². The van der Waals surface area contributed by atoms with Crippen molar-refractivity contribution < 1.29 is 19.8 Å². The molecule has 122 valence electrons. The van der Waals surface area contributed by atoms with Crippen LogP contribution in [0.4, 0.5) is 0 Å². The van der Waals surface area contributed by atoms with Gasteiger partial charge in [-0.05, 0) is 30.1 Å². The number of nitrogens with one attached hydrogen (secondary N) is 2. The molecule has 0 aliphatic carbocycles. The highest BCUT2D eigenvalue weighted by atomic mass is 32.2. The van der Waals surface area contributed by atoms with Gasteiger partial charge in [0.2, 0.25) is 0 Å². The number of aromatic hydroxyl groups is 1. The van der Waals surface area contributed by atoms with Crippen LogP contribution >= 0.6 is 11.8 Å². The molecule has 2 atom stereocenters. The lowest BCUT2D eigenvalue weighted by molar-refractivity contribution is -0.131. The molecule has 0 heterocycles. The number of carbonyl (C=O) groups is 2. The van der Waals surface area contributed by atoms with Crippen LogP contribution in [0.3, 0.4) is 0 Å². The fraction of sp³-hybridized carbons (Fsp3) is 0.429. The molecule has 0 fully saturated rings. The van der Waals surface area contributed by atoms with Gasteiger partial charge >= 0.3 is 0 Å². The Morgan fingerprint density at radius 3 is 2.64 bits per heavy atom. The number of para-hydroxylation sites is 1. The van der Waals surface area contributed by atoms with E-state index in [2.05, 4.69) is 10.9 Å². The Kier molecular flexibility index (Phi) is 7.72. The molecule has 0 saturated carbocycles. The number of hydrogen-bond acceptors (Lipinski definition) is 6. The summed E-state index contributed by atoms with van der Waals surface area (Å²) in [5, 5.41) is 19.3. The van der Waals surface area contributed by atoms with E-state index in [1.807, 2.05) is 6.92 Å². The van der Waals surface area contributed by atoms with E-state index in [-0.39, 0.29) is 11.3 Å². The van der Waals surface area contributed by atoms with E-state index in [0.717, 1.165) is 11.5 Å². The number of thioether (sulfide) groups is 1. The van der Waals surface area contributed by atoms with Crippen molar-refractivity contribution in [2.24, 2.45) is 5.73 Å². The number of aliphatic hydroxyl groups excluding tert-OH is 1. The van der Waals surface area contributed by atoms with Crippen LogP contribution in [-0.2, 0) is 4.79 Å². The molecule has 0 saturated heterocycles. The maximum atomic E-state index is 11.8. The molecule has 1 unspecified atom stereocenters. The van der Waals surface area contributed by atoms with E-state index >= 15 is 0 Å². The fourth-order valence-corrected chi connectivity index (χ4v) is 2.37. The van der Waals surface area contributed by atoms with Crippen LogP contribution < -0.4 is 16.6 Å². The summed E-state index contributed by atoms with van der Waals surface area (Å²) < 4.78 is 0. The molecule has 22 heavy (non-hydrogen) atoms. The van der Waals surface area contributed by atoms with E-state index in [9.17, 15) is 19.8 Å². The molecule has 7 nitrogen and oxygen atoms in total. The molecule has 2 amide bonds. The Morgan fingerprint density at radius 1 is 1.32 bits per heavy atom. The van der Waals surface area contributed by atoms with Gasteiger partial charge in [0.15, 0.2) is 0 Å². The monoisotopic (exact) mass is 327 g/mol. The number of phenolic OH excluding ortho intramolecular Hbond substituents is 1. The molecule has 1 rings (SSSR count). The Bertz CT molecular complexity index is 513. The summed E-state index contributed by atoms with van der Waals surface area (Å²) in [5.41, 5.74) is 9.95. The highest BCUT2D eigenvalue weighted by molar-refractivity contribution is 7.99. The maximum absolute atomic E-state index is 11.8. The second kappa shape index (κ2) is 9.29. The first-order chi connectivity index (χ1) is 10.5. The number of aliphatic hydroxyl groups is 1. The van der Waals surface area contributed by atoms with Gasteiger partial charge in [0.1, 0.15) is 11.9 Å². The Hall–Kier alpha value is -1.77. The third-order valence-electron chi connectivity index (χ3n) is 2.92. The van der Waals surface area contributed by atoms with E-state index in [1.54, 1.807) is 23.9 Å². The van der Waals surface area contributed by atoms with Crippen molar-refractivity contribution >= 4 is 23.6 Å². The highest BCUT2D eigenvalue weighted by Gasteiger charge is 2.23. The summed E-state index contributed by atoms with van der Waals surface area (Å²) in [6.45, 7) is 2.01. The largest absolute Gasteiger partial charge is 0.507 e. The summed E-state index contributed by atoms with van der Waals surface area (Å²) in [7, 11) is 0. The van der Waals surface area contributed by atoms with E-state index in [1.165, 1.54) is 12.1 Å². The molecule has 0 aliphatic heterocycles. The van der Waals surface area contributed by atoms with Crippen molar-refractivity contribution in [2.75, 3.05) is 11.5 Å². The standard InChI is InChI=1S/C14H21N3O4S/c1-2-22-8-7-10(15)12(19)14(21)17-16-13(20)9-5-3-4-6-11(9)18/h3-6,10,12,18-19H,2,7-8,15H2,1H3,(H,16,20)(H,17,21)/t10-,12?/m1/s1. The van der Waals surface area contributed by atoms with Crippen LogP contribution in [0.1, 0.15) is 23.7 Å². The lowest BCUT2D eigenvalue weighted by Gasteiger charge is -2.18. The fourth-order valence-electron chi connectivity index (χ4n) is 1.64. The first-order valence-electron chi connectivity index (χ1n) is 6.87. The van der Waals surface area contributed by atoms with Gasteiger partial charge in [-0.3, -0.25) is 20.4 Å². The normalized spacial score (nSPS) is 13.2. The van der Waals surface area contributed by atoms with Crippen LogP contribution in [0.25, 0.3) is 0 Å². The summed E-state index contributed by atoms with van der Waals surface area (Å²) in [6.07, 6.45) is -0.928. The van der Waals surface area contributed by atoms with Crippen molar-refractivity contribution in [3.63, 3.8) is 0 Å². The number of rotatable bonds is 7. The van der Waals surface area contributed by atoms with Gasteiger partial charge in [0.05, 0.1) is 5.56 Å². The average Bonchev–Trinajstić information content (AvgIpc) is 2.52. The number of phenols is 1. The lowest BCUT2D eigenvalue weighted by Crippen LogP contribution is -2.52. The molecule has 6 N–H and O–H groups in total. The predicted molar refractivity (Wildman–Crippen MR) is 85.3 cm³/mol. The van der Waals surface area contributed by atoms with Gasteiger partial charge in [-0.15, -0.1) is 0 Å². The van der Waals surface area contributed by atoms with Gasteiger partial charge in [0.25, 0.3) is 11.8 Å². The lowest BCUT2D eigenvalue weighted by atomic mass is 10.1. The maximum Gasteiger partial charge on any atom is 0.273 e. The first kappa shape index (κ1) is 18.3. The second-order valence-corrected chi connectivity index (χ2v) is 5.95. The van der Waals surface area contributed by atoms with E-state index < -0.39 is 24.0 Å². The first-order valence-corrected chi connectivity index (χ1v) is 8.02. The van der Waals surface area contributed by atoms with Crippen LogP contribution in [0.15, 0.2) is 24.3 Å². The Morgan fingerprint density at radius 2 is 2.00 bits per heavy atom. The van der Waals surface area contributed by atoms with Gasteiger partial charge in [-0.1, -0.05) is 19.1 Å². The highest BCUT2D eigenvalue weighted by Crippen LogP contribution is 2.14. The molecule has 0 aromatic heterocycles. The predicted octanol–water partition coefficient (Wildman–Crippen LogP) is -0.0154. The summed E-state index contributed by atoms with van der Waals surface area (Å²) >= 11 is 1.66. The zero-order valence-corrected chi connectivity index (χ0v) is 13.1. The summed E-state index contributed by atoms with van der Waals surface area (Å²) in [5.74, 6) is -0.00707. The van der Waals surface area contributed by atoms with E-state index in [0.29, 0.717) is 6.42 Å².